The van der Waals surface area contributed by atoms with E-state index in [1.165, 1.54) is 11.1 Å². The number of aryl methyl sites for hydroxylation is 3. The van der Waals surface area contributed by atoms with Gasteiger partial charge in [0, 0.05) is 13.5 Å². The molecule has 0 spiro atoms. The molecule has 3 rings (SSSR count). The van der Waals surface area contributed by atoms with Gasteiger partial charge >= 0.3 is 0 Å². The average Bonchev–Trinajstić information content (AvgIpc) is 2.89. The molecule has 2 aromatic carbocycles. The van der Waals surface area contributed by atoms with Crippen LogP contribution in [-0.4, -0.2) is 15.5 Å². The fourth-order valence-corrected chi connectivity index (χ4v) is 2.63. The number of hydrogen-bond acceptors (Lipinski definition) is 2. The fourth-order valence-electron chi connectivity index (χ4n) is 2.63. The molecule has 118 valence electrons. The minimum Gasteiger partial charge on any atom is -0.349 e. The number of aromatic nitrogens is 2. The molecule has 0 aliphatic carbocycles. The quantitative estimate of drug-likeness (QED) is 0.787. The predicted molar refractivity (Wildman–Crippen MR) is 92.1 cm³/mol. The summed E-state index contributed by atoms with van der Waals surface area (Å²) in [5, 5.41) is 2.96. The van der Waals surface area contributed by atoms with E-state index in [2.05, 4.69) is 41.5 Å². The smallest absolute Gasteiger partial charge is 0.220 e. The van der Waals surface area contributed by atoms with Crippen LogP contribution in [0.5, 0.6) is 0 Å². The van der Waals surface area contributed by atoms with Crippen LogP contribution < -0.4 is 5.32 Å². The Morgan fingerprint density at radius 3 is 2.61 bits per heavy atom. The zero-order valence-electron chi connectivity index (χ0n) is 13.5. The van der Waals surface area contributed by atoms with Crippen LogP contribution in [0.2, 0.25) is 0 Å². The van der Waals surface area contributed by atoms with Crippen molar-refractivity contribution in [2.45, 2.75) is 26.3 Å². The normalized spacial score (nSPS) is 10.9. The number of fused-ring (bicyclic) bond motifs is 1. The van der Waals surface area contributed by atoms with Gasteiger partial charge < -0.3 is 9.88 Å². The molecule has 1 amide bonds. The minimum absolute atomic E-state index is 0.0534. The molecule has 1 aromatic heterocycles. The van der Waals surface area contributed by atoms with Crippen LogP contribution in [0.25, 0.3) is 11.0 Å². The summed E-state index contributed by atoms with van der Waals surface area (Å²) in [4.78, 5) is 16.6. The number of rotatable bonds is 5. The van der Waals surface area contributed by atoms with Crippen molar-refractivity contribution in [2.24, 2.45) is 7.05 Å². The molecule has 0 saturated heterocycles. The largest absolute Gasteiger partial charge is 0.349 e. The van der Waals surface area contributed by atoms with Gasteiger partial charge in [-0.25, -0.2) is 4.98 Å². The Balaban J connectivity index is 1.55. The van der Waals surface area contributed by atoms with E-state index in [4.69, 9.17) is 0 Å². The SMILES string of the molecule is Cc1ccc(CCC(=O)NCc2nc3ccccc3n2C)cc1. The number of para-hydroxylation sites is 2. The van der Waals surface area contributed by atoms with E-state index in [1.807, 2.05) is 35.9 Å². The third kappa shape index (κ3) is 3.59. The first kappa shape index (κ1) is 15.3. The number of hydrogen-bond donors (Lipinski definition) is 1. The van der Waals surface area contributed by atoms with Gasteiger partial charge in [0.1, 0.15) is 5.82 Å². The zero-order chi connectivity index (χ0) is 16.2. The molecule has 4 heteroatoms. The molecule has 1 N–H and O–H groups in total. The Morgan fingerprint density at radius 2 is 1.87 bits per heavy atom. The lowest BCUT2D eigenvalue weighted by molar-refractivity contribution is -0.121. The molecular formula is C19H21N3O. The lowest BCUT2D eigenvalue weighted by Crippen LogP contribution is -2.24. The van der Waals surface area contributed by atoms with E-state index in [-0.39, 0.29) is 5.91 Å². The highest BCUT2D eigenvalue weighted by Gasteiger charge is 2.08. The van der Waals surface area contributed by atoms with Gasteiger partial charge in [-0.1, -0.05) is 42.0 Å². The standard InChI is InChI=1S/C19H21N3O/c1-14-7-9-15(10-8-14)11-12-19(23)20-13-18-21-16-5-3-4-6-17(16)22(18)2/h3-10H,11-13H2,1-2H3,(H,20,23). The molecule has 0 aliphatic rings. The van der Waals surface area contributed by atoms with Crippen molar-refractivity contribution in [1.29, 1.82) is 0 Å². The second-order valence-corrected chi connectivity index (χ2v) is 5.84. The highest BCUT2D eigenvalue weighted by molar-refractivity contribution is 5.77. The van der Waals surface area contributed by atoms with Gasteiger partial charge in [0.25, 0.3) is 0 Å². The van der Waals surface area contributed by atoms with Gasteiger partial charge in [-0.05, 0) is 31.0 Å². The summed E-state index contributed by atoms with van der Waals surface area (Å²) in [7, 11) is 1.98. The molecule has 0 radical (unpaired) electrons. The first-order chi connectivity index (χ1) is 11.1. The van der Waals surface area contributed by atoms with Crippen molar-refractivity contribution >= 4 is 16.9 Å². The summed E-state index contributed by atoms with van der Waals surface area (Å²) in [5.74, 6) is 0.924. The molecule has 0 bridgehead atoms. The zero-order valence-corrected chi connectivity index (χ0v) is 13.5. The Labute approximate surface area is 136 Å². The lowest BCUT2D eigenvalue weighted by Gasteiger charge is -2.06. The molecule has 23 heavy (non-hydrogen) atoms. The monoisotopic (exact) mass is 307 g/mol. The van der Waals surface area contributed by atoms with Gasteiger partial charge in [0.2, 0.25) is 5.91 Å². The van der Waals surface area contributed by atoms with E-state index in [9.17, 15) is 4.79 Å². The van der Waals surface area contributed by atoms with Crippen LogP contribution in [0.15, 0.2) is 48.5 Å². The second kappa shape index (κ2) is 6.65. The van der Waals surface area contributed by atoms with E-state index >= 15 is 0 Å². The lowest BCUT2D eigenvalue weighted by atomic mass is 10.1. The number of nitrogens with zero attached hydrogens (tertiary/aromatic N) is 2. The average molecular weight is 307 g/mol. The molecule has 0 unspecified atom stereocenters. The Hall–Kier alpha value is -2.62. The Bertz CT molecular complexity index is 818. The van der Waals surface area contributed by atoms with Crippen LogP contribution in [0.3, 0.4) is 0 Å². The first-order valence-corrected chi connectivity index (χ1v) is 7.86. The molecular weight excluding hydrogens is 286 g/mol. The molecule has 4 nitrogen and oxygen atoms in total. The molecule has 0 saturated carbocycles. The third-order valence-electron chi connectivity index (χ3n) is 4.08. The van der Waals surface area contributed by atoms with Crippen LogP contribution in [0.1, 0.15) is 23.4 Å². The number of imidazole rings is 1. The van der Waals surface area contributed by atoms with E-state index in [0.29, 0.717) is 13.0 Å². The molecule has 0 fully saturated rings. The number of amides is 1. The fraction of sp³-hybridized carbons (Fsp3) is 0.263. The van der Waals surface area contributed by atoms with E-state index in [1.54, 1.807) is 0 Å². The van der Waals surface area contributed by atoms with Crippen molar-refractivity contribution < 1.29 is 4.79 Å². The van der Waals surface area contributed by atoms with Crippen molar-refractivity contribution in [2.75, 3.05) is 0 Å². The Kier molecular flexibility index (Phi) is 4.42. The van der Waals surface area contributed by atoms with Crippen molar-refractivity contribution in [3.8, 4) is 0 Å². The summed E-state index contributed by atoms with van der Waals surface area (Å²) in [6.07, 6.45) is 1.25. The van der Waals surface area contributed by atoms with Gasteiger partial charge in [-0.2, -0.15) is 0 Å². The topological polar surface area (TPSA) is 46.9 Å². The summed E-state index contributed by atoms with van der Waals surface area (Å²) < 4.78 is 2.02. The van der Waals surface area contributed by atoms with E-state index in [0.717, 1.165) is 23.3 Å². The Morgan fingerprint density at radius 1 is 1.13 bits per heavy atom. The predicted octanol–water partition coefficient (Wildman–Crippen LogP) is 3.13. The summed E-state index contributed by atoms with van der Waals surface area (Å²) >= 11 is 0. The van der Waals surface area contributed by atoms with E-state index < -0.39 is 0 Å². The first-order valence-electron chi connectivity index (χ1n) is 7.86. The minimum atomic E-state index is 0.0534. The van der Waals surface area contributed by atoms with Crippen molar-refractivity contribution in [3.63, 3.8) is 0 Å². The molecule has 3 aromatic rings. The van der Waals surface area contributed by atoms with Crippen molar-refractivity contribution in [1.82, 2.24) is 14.9 Å². The third-order valence-corrected chi connectivity index (χ3v) is 4.08. The number of benzene rings is 2. The number of carbonyl (C=O) groups is 1. The van der Waals surface area contributed by atoms with Gasteiger partial charge in [0.05, 0.1) is 17.6 Å². The molecule has 0 atom stereocenters. The van der Waals surface area contributed by atoms with Crippen LogP contribution in [0, 0.1) is 6.92 Å². The van der Waals surface area contributed by atoms with Gasteiger partial charge in [0.15, 0.2) is 0 Å². The maximum absolute atomic E-state index is 12.0. The van der Waals surface area contributed by atoms with Crippen LogP contribution >= 0.6 is 0 Å². The van der Waals surface area contributed by atoms with Gasteiger partial charge in [-0.15, -0.1) is 0 Å². The van der Waals surface area contributed by atoms with Crippen LogP contribution in [-0.2, 0) is 24.8 Å². The van der Waals surface area contributed by atoms with Crippen LogP contribution in [0.4, 0.5) is 0 Å². The number of carbonyl (C=O) groups excluding carboxylic acids is 1. The molecule has 0 aliphatic heterocycles. The summed E-state index contributed by atoms with van der Waals surface area (Å²) in [6, 6.07) is 16.3. The summed E-state index contributed by atoms with van der Waals surface area (Å²) in [6.45, 7) is 2.52. The summed E-state index contributed by atoms with van der Waals surface area (Å²) in [5.41, 5.74) is 4.46. The maximum atomic E-state index is 12.0. The van der Waals surface area contributed by atoms with Crippen molar-refractivity contribution in [3.05, 3.63) is 65.5 Å². The highest BCUT2D eigenvalue weighted by atomic mass is 16.1. The number of nitrogens with one attached hydrogen (secondary N) is 1. The highest BCUT2D eigenvalue weighted by Crippen LogP contribution is 2.14. The van der Waals surface area contributed by atoms with Gasteiger partial charge in [-0.3, -0.25) is 4.79 Å². The maximum Gasteiger partial charge on any atom is 0.220 e. The second-order valence-electron chi connectivity index (χ2n) is 5.84. The molecule has 1 heterocycles.